The number of rotatable bonds is 56. The number of hydrogen-bond acceptors (Lipinski definition) is 10. The fraction of sp³-hybridized carbons (Fsp3) is 0.938. The van der Waals surface area contributed by atoms with E-state index in [1.807, 2.05) is 6.08 Å². The van der Waals surface area contributed by atoms with Crippen LogP contribution in [0.5, 0.6) is 0 Å². The fourth-order valence-electron chi connectivity index (χ4n) is 10.5. The topological polar surface area (TPSA) is 175 Å². The predicted octanol–water partition coefficient (Wildman–Crippen LogP) is 15.5. The molecule has 11 heteroatoms. The average molecular weight is 1070 g/mol. The molecule has 1 aliphatic heterocycles. The van der Waals surface area contributed by atoms with Crippen molar-refractivity contribution in [3.8, 4) is 0 Å². The minimum Gasteiger partial charge on any atom is -0.454 e. The average Bonchev–Trinajstić information content (AvgIpc) is 3.41. The molecule has 0 aromatic heterocycles. The SMILES string of the molecule is CCCCCCCCCCC/C=C/C(O)C(COC1OC(CO)C(O)C(O)C1OC(=O)CCCCCCCCCCCCCCCCCCCCCCC)NC(=O)C(O)CCCCCCCCCCCCCCCC. The largest absolute Gasteiger partial charge is 0.454 e. The third-order valence-electron chi connectivity index (χ3n) is 15.7. The van der Waals surface area contributed by atoms with Crippen molar-refractivity contribution in [2.45, 2.75) is 372 Å². The summed E-state index contributed by atoms with van der Waals surface area (Å²) < 4.78 is 17.6. The van der Waals surface area contributed by atoms with Gasteiger partial charge in [-0.3, -0.25) is 9.59 Å². The molecule has 1 amide bonds. The Balaban J connectivity index is 2.60. The van der Waals surface area contributed by atoms with Crippen LogP contribution in [-0.2, 0) is 23.8 Å². The van der Waals surface area contributed by atoms with Gasteiger partial charge < -0.3 is 45.1 Å². The summed E-state index contributed by atoms with van der Waals surface area (Å²) in [7, 11) is 0. The summed E-state index contributed by atoms with van der Waals surface area (Å²) in [5.74, 6) is -1.18. The maximum Gasteiger partial charge on any atom is 0.306 e. The number of allylic oxidation sites excluding steroid dienone is 1. The summed E-state index contributed by atoms with van der Waals surface area (Å²) in [5, 5.41) is 57.0. The fourth-order valence-corrected chi connectivity index (χ4v) is 10.5. The number of ether oxygens (including phenoxy) is 3. The molecule has 0 aliphatic carbocycles. The number of hydrogen-bond donors (Lipinski definition) is 6. The third-order valence-corrected chi connectivity index (χ3v) is 15.7. The lowest BCUT2D eigenvalue weighted by Gasteiger charge is -2.41. The minimum atomic E-state index is -1.61. The molecule has 1 fully saturated rings. The molecule has 0 aromatic rings. The van der Waals surface area contributed by atoms with Crippen LogP contribution in [0.15, 0.2) is 12.2 Å². The van der Waals surface area contributed by atoms with Crippen LogP contribution in [-0.4, -0.2) is 99.6 Å². The molecule has 0 spiro atoms. The maximum atomic E-state index is 13.4. The summed E-state index contributed by atoms with van der Waals surface area (Å²) in [6, 6.07) is -1.02. The first-order valence-electron chi connectivity index (χ1n) is 32.5. The Morgan fingerprint density at radius 3 is 1.25 bits per heavy atom. The molecule has 1 saturated heterocycles. The second kappa shape index (κ2) is 53.1. The highest BCUT2D eigenvalue weighted by Crippen LogP contribution is 2.26. The molecule has 1 heterocycles. The van der Waals surface area contributed by atoms with Gasteiger partial charge in [0, 0.05) is 6.42 Å². The molecule has 1 rings (SSSR count). The van der Waals surface area contributed by atoms with E-state index in [1.54, 1.807) is 6.08 Å². The van der Waals surface area contributed by atoms with Gasteiger partial charge in [0.1, 0.15) is 24.4 Å². The van der Waals surface area contributed by atoms with E-state index in [9.17, 15) is 35.1 Å². The molecule has 0 bridgehead atoms. The van der Waals surface area contributed by atoms with E-state index in [4.69, 9.17) is 14.2 Å². The van der Waals surface area contributed by atoms with Crippen LogP contribution in [0, 0.1) is 0 Å². The molecule has 8 atom stereocenters. The zero-order chi connectivity index (χ0) is 54.7. The number of carbonyl (C=O) groups is 2. The summed E-state index contributed by atoms with van der Waals surface area (Å²) >= 11 is 0. The molecule has 75 heavy (non-hydrogen) atoms. The minimum absolute atomic E-state index is 0.132. The highest BCUT2D eigenvalue weighted by atomic mass is 16.7. The molecule has 8 unspecified atom stereocenters. The second-order valence-corrected chi connectivity index (χ2v) is 22.9. The van der Waals surface area contributed by atoms with Gasteiger partial charge in [0.2, 0.25) is 5.91 Å². The van der Waals surface area contributed by atoms with Crippen molar-refractivity contribution in [1.29, 1.82) is 0 Å². The maximum absolute atomic E-state index is 13.4. The van der Waals surface area contributed by atoms with Crippen molar-refractivity contribution < 1.29 is 49.3 Å². The van der Waals surface area contributed by atoms with Gasteiger partial charge in [0.15, 0.2) is 12.4 Å². The van der Waals surface area contributed by atoms with E-state index in [2.05, 4.69) is 26.1 Å². The Morgan fingerprint density at radius 2 is 0.867 bits per heavy atom. The van der Waals surface area contributed by atoms with Crippen molar-refractivity contribution in [3.63, 3.8) is 0 Å². The lowest BCUT2D eigenvalue weighted by Crippen LogP contribution is -2.61. The van der Waals surface area contributed by atoms with Gasteiger partial charge in [-0.05, 0) is 25.7 Å². The zero-order valence-corrected chi connectivity index (χ0v) is 49.2. The number of aliphatic hydroxyl groups is 5. The van der Waals surface area contributed by atoms with Crippen LogP contribution >= 0.6 is 0 Å². The normalized spacial score (nSPS) is 19.2. The Hall–Kier alpha value is -1.60. The highest BCUT2D eigenvalue weighted by molar-refractivity contribution is 5.80. The first-order valence-corrected chi connectivity index (χ1v) is 32.5. The summed E-state index contributed by atoms with van der Waals surface area (Å²) in [6.45, 7) is 5.82. The van der Waals surface area contributed by atoms with Crippen LogP contribution in [0.4, 0.5) is 0 Å². The van der Waals surface area contributed by atoms with E-state index in [1.165, 1.54) is 218 Å². The van der Waals surface area contributed by atoms with Crippen molar-refractivity contribution in [2.24, 2.45) is 0 Å². The van der Waals surface area contributed by atoms with E-state index < -0.39 is 67.4 Å². The zero-order valence-electron chi connectivity index (χ0n) is 49.2. The standard InChI is InChI=1S/C64H123NO10/c1-4-7-10-13-16-19-22-24-26-27-28-29-30-31-32-34-37-40-43-46-49-52-59(69)75-62-61(71)60(70)58(53-66)74-64(62)73-54-55(56(67)50-47-44-41-38-35-21-18-15-12-9-6-3)65-63(72)57(68)51-48-45-42-39-36-33-25-23-20-17-14-11-8-5-2/h47,50,55-58,60-62,64,66-68,70-71H,4-46,48-49,51-54H2,1-3H3,(H,65,72)/b50-47+. The second-order valence-electron chi connectivity index (χ2n) is 22.9. The summed E-state index contributed by atoms with van der Waals surface area (Å²) in [4.78, 5) is 26.5. The lowest BCUT2D eigenvalue weighted by molar-refractivity contribution is -0.305. The number of unbranched alkanes of at least 4 members (excludes halogenated alkanes) is 42. The van der Waals surface area contributed by atoms with Crippen molar-refractivity contribution in [2.75, 3.05) is 13.2 Å². The molecular weight excluding hydrogens is 943 g/mol. The van der Waals surface area contributed by atoms with Crippen LogP contribution in [0.25, 0.3) is 0 Å². The summed E-state index contributed by atoms with van der Waals surface area (Å²) in [5.41, 5.74) is 0. The Morgan fingerprint density at radius 1 is 0.507 bits per heavy atom. The van der Waals surface area contributed by atoms with Gasteiger partial charge in [0.25, 0.3) is 0 Å². The van der Waals surface area contributed by atoms with E-state index in [-0.39, 0.29) is 13.0 Å². The highest BCUT2D eigenvalue weighted by Gasteiger charge is 2.47. The molecule has 0 aromatic carbocycles. The number of nitrogens with one attached hydrogen (secondary N) is 1. The van der Waals surface area contributed by atoms with Crippen molar-refractivity contribution >= 4 is 11.9 Å². The predicted molar refractivity (Wildman–Crippen MR) is 311 cm³/mol. The molecule has 0 radical (unpaired) electrons. The number of esters is 1. The summed E-state index contributed by atoms with van der Waals surface area (Å²) in [6.07, 6.45) is 49.7. The quantitative estimate of drug-likeness (QED) is 0.0195. The smallest absolute Gasteiger partial charge is 0.306 e. The van der Waals surface area contributed by atoms with Gasteiger partial charge in [-0.1, -0.05) is 303 Å². The number of aliphatic hydroxyl groups excluding tert-OH is 5. The molecule has 1 aliphatic rings. The Bertz CT molecular complexity index is 1270. The Labute approximate surface area is 461 Å². The van der Waals surface area contributed by atoms with Crippen molar-refractivity contribution in [3.05, 3.63) is 12.2 Å². The Kier molecular flexibility index (Phi) is 50.5. The van der Waals surface area contributed by atoms with E-state index in [0.29, 0.717) is 19.3 Å². The monoisotopic (exact) mass is 1070 g/mol. The number of carbonyl (C=O) groups excluding carboxylic acids is 2. The van der Waals surface area contributed by atoms with Gasteiger partial charge in [-0.2, -0.15) is 0 Å². The van der Waals surface area contributed by atoms with Crippen LogP contribution in [0.2, 0.25) is 0 Å². The van der Waals surface area contributed by atoms with E-state index in [0.717, 1.165) is 57.8 Å². The van der Waals surface area contributed by atoms with Gasteiger partial charge >= 0.3 is 5.97 Å². The molecule has 444 valence electrons. The molecule has 6 N–H and O–H groups in total. The van der Waals surface area contributed by atoms with Gasteiger partial charge in [0.05, 0.1) is 25.4 Å². The van der Waals surface area contributed by atoms with E-state index >= 15 is 0 Å². The van der Waals surface area contributed by atoms with Crippen LogP contribution in [0.3, 0.4) is 0 Å². The van der Waals surface area contributed by atoms with Gasteiger partial charge in [-0.25, -0.2) is 0 Å². The van der Waals surface area contributed by atoms with Crippen molar-refractivity contribution in [1.82, 2.24) is 5.32 Å². The molecular formula is C64H123NO10. The number of amides is 1. The lowest BCUT2D eigenvalue weighted by atomic mass is 9.99. The van der Waals surface area contributed by atoms with Crippen LogP contribution < -0.4 is 5.32 Å². The first-order chi connectivity index (χ1) is 36.7. The third kappa shape index (κ3) is 41.1. The molecule has 11 nitrogen and oxygen atoms in total. The van der Waals surface area contributed by atoms with Gasteiger partial charge in [-0.15, -0.1) is 0 Å². The van der Waals surface area contributed by atoms with Crippen LogP contribution in [0.1, 0.15) is 323 Å². The first kappa shape index (κ1) is 71.4. The molecule has 0 saturated carbocycles.